The number of pyridine rings is 1. The Hall–Kier alpha value is -2.76. The van der Waals surface area contributed by atoms with Gasteiger partial charge in [-0.15, -0.1) is 0 Å². The van der Waals surface area contributed by atoms with E-state index >= 15 is 0 Å². The van der Waals surface area contributed by atoms with E-state index in [0.29, 0.717) is 29.5 Å². The molecule has 0 fully saturated rings. The van der Waals surface area contributed by atoms with Crippen LogP contribution < -0.4 is 19.5 Å². The first-order chi connectivity index (χ1) is 10.7. The molecule has 1 aromatic heterocycles. The summed E-state index contributed by atoms with van der Waals surface area (Å²) >= 11 is 0. The summed E-state index contributed by atoms with van der Waals surface area (Å²) in [4.78, 5) is 16.3. The Morgan fingerprint density at radius 3 is 2.32 bits per heavy atom. The number of aromatic nitrogens is 1. The standard InChI is InChI=1S/C16H18N2O4/c1-20-13-7-12(8-14(9-13)21-2)16(19)18-10-11-4-5-17-15(6-11)22-3/h4-9H,10H2,1-3H3,(H,18,19). The summed E-state index contributed by atoms with van der Waals surface area (Å²) in [7, 11) is 4.63. The molecule has 0 atom stereocenters. The molecule has 0 saturated heterocycles. The zero-order valence-electron chi connectivity index (χ0n) is 12.8. The summed E-state index contributed by atoms with van der Waals surface area (Å²) in [5.74, 6) is 1.42. The maximum atomic E-state index is 12.2. The van der Waals surface area contributed by atoms with Crippen LogP contribution in [-0.4, -0.2) is 32.2 Å². The fourth-order valence-corrected chi connectivity index (χ4v) is 1.89. The van der Waals surface area contributed by atoms with Crippen LogP contribution in [0, 0.1) is 0 Å². The summed E-state index contributed by atoms with van der Waals surface area (Å²) in [6.45, 7) is 0.372. The smallest absolute Gasteiger partial charge is 0.251 e. The lowest BCUT2D eigenvalue weighted by Crippen LogP contribution is -2.22. The zero-order valence-corrected chi connectivity index (χ0v) is 12.8. The molecule has 0 unspecified atom stereocenters. The summed E-state index contributed by atoms with van der Waals surface area (Å²) in [5.41, 5.74) is 1.37. The number of carbonyl (C=O) groups excluding carboxylic acids is 1. The number of nitrogens with one attached hydrogen (secondary N) is 1. The second kappa shape index (κ2) is 7.31. The molecule has 0 spiro atoms. The maximum Gasteiger partial charge on any atom is 0.251 e. The minimum Gasteiger partial charge on any atom is -0.497 e. The Kier molecular flexibility index (Phi) is 5.19. The van der Waals surface area contributed by atoms with Crippen LogP contribution >= 0.6 is 0 Å². The topological polar surface area (TPSA) is 69.7 Å². The summed E-state index contributed by atoms with van der Waals surface area (Å²) in [6.07, 6.45) is 1.63. The molecule has 1 amide bonds. The number of rotatable bonds is 6. The van der Waals surface area contributed by atoms with E-state index in [1.54, 1.807) is 51.8 Å². The minimum absolute atomic E-state index is 0.215. The van der Waals surface area contributed by atoms with Gasteiger partial charge in [0.25, 0.3) is 5.91 Å². The fourth-order valence-electron chi connectivity index (χ4n) is 1.89. The number of nitrogens with zero attached hydrogens (tertiary/aromatic N) is 1. The predicted octanol–water partition coefficient (Wildman–Crippen LogP) is 2.04. The molecule has 0 saturated carbocycles. The monoisotopic (exact) mass is 302 g/mol. The average Bonchev–Trinajstić information content (AvgIpc) is 2.59. The highest BCUT2D eigenvalue weighted by Gasteiger charge is 2.10. The first-order valence-corrected chi connectivity index (χ1v) is 6.66. The van der Waals surface area contributed by atoms with Gasteiger partial charge in [0.1, 0.15) is 11.5 Å². The SMILES string of the molecule is COc1cc(OC)cc(C(=O)NCc2ccnc(OC)c2)c1. The van der Waals surface area contributed by atoms with Crippen molar-refractivity contribution in [2.45, 2.75) is 6.54 Å². The molecule has 116 valence electrons. The lowest BCUT2D eigenvalue weighted by molar-refractivity contribution is 0.0950. The number of amides is 1. The average molecular weight is 302 g/mol. The molecule has 22 heavy (non-hydrogen) atoms. The van der Waals surface area contributed by atoms with Gasteiger partial charge in [0, 0.05) is 30.4 Å². The molecule has 1 aromatic carbocycles. The molecule has 0 aliphatic carbocycles. The van der Waals surface area contributed by atoms with E-state index in [4.69, 9.17) is 14.2 Å². The van der Waals surface area contributed by atoms with E-state index in [-0.39, 0.29) is 5.91 Å². The Bertz CT molecular complexity index is 636. The van der Waals surface area contributed by atoms with Crippen LogP contribution in [-0.2, 0) is 6.54 Å². The first-order valence-electron chi connectivity index (χ1n) is 6.66. The van der Waals surface area contributed by atoms with E-state index in [1.807, 2.05) is 6.07 Å². The van der Waals surface area contributed by atoms with Crippen molar-refractivity contribution in [2.24, 2.45) is 0 Å². The number of methoxy groups -OCH3 is 3. The highest BCUT2D eigenvalue weighted by Crippen LogP contribution is 2.22. The van der Waals surface area contributed by atoms with E-state index < -0.39 is 0 Å². The van der Waals surface area contributed by atoms with Gasteiger partial charge < -0.3 is 19.5 Å². The highest BCUT2D eigenvalue weighted by molar-refractivity contribution is 5.95. The van der Waals surface area contributed by atoms with Crippen LogP contribution in [0.2, 0.25) is 0 Å². The number of ether oxygens (including phenoxy) is 3. The van der Waals surface area contributed by atoms with Crippen molar-refractivity contribution >= 4 is 5.91 Å². The van der Waals surface area contributed by atoms with Gasteiger partial charge in [0.15, 0.2) is 0 Å². The molecule has 1 N–H and O–H groups in total. The molecule has 0 bridgehead atoms. The number of carbonyl (C=O) groups is 1. The van der Waals surface area contributed by atoms with Gasteiger partial charge in [-0.3, -0.25) is 4.79 Å². The summed E-state index contributed by atoms with van der Waals surface area (Å²) < 4.78 is 15.4. The Morgan fingerprint density at radius 2 is 1.73 bits per heavy atom. The normalized spacial score (nSPS) is 9.95. The van der Waals surface area contributed by atoms with Crippen molar-refractivity contribution in [3.8, 4) is 17.4 Å². The number of hydrogen-bond acceptors (Lipinski definition) is 5. The van der Waals surface area contributed by atoms with Crippen LogP contribution in [0.15, 0.2) is 36.5 Å². The molecule has 6 nitrogen and oxygen atoms in total. The Labute approximate surface area is 129 Å². The second-order valence-corrected chi connectivity index (χ2v) is 4.49. The third-order valence-electron chi connectivity index (χ3n) is 3.08. The van der Waals surface area contributed by atoms with Crippen molar-refractivity contribution in [1.29, 1.82) is 0 Å². The largest absolute Gasteiger partial charge is 0.497 e. The molecule has 2 aromatic rings. The molecule has 0 radical (unpaired) electrons. The molecular formula is C16H18N2O4. The van der Waals surface area contributed by atoms with Crippen molar-refractivity contribution < 1.29 is 19.0 Å². The van der Waals surface area contributed by atoms with Crippen molar-refractivity contribution in [1.82, 2.24) is 10.3 Å². The zero-order chi connectivity index (χ0) is 15.9. The number of hydrogen-bond donors (Lipinski definition) is 1. The van der Waals surface area contributed by atoms with Gasteiger partial charge in [-0.25, -0.2) is 4.98 Å². The third kappa shape index (κ3) is 3.88. The van der Waals surface area contributed by atoms with Gasteiger partial charge in [-0.05, 0) is 23.8 Å². The highest BCUT2D eigenvalue weighted by atomic mass is 16.5. The predicted molar refractivity (Wildman–Crippen MR) is 81.5 cm³/mol. The van der Waals surface area contributed by atoms with Crippen LogP contribution in [0.25, 0.3) is 0 Å². The van der Waals surface area contributed by atoms with Crippen LogP contribution in [0.1, 0.15) is 15.9 Å². The molecule has 1 heterocycles. The minimum atomic E-state index is -0.215. The van der Waals surface area contributed by atoms with Crippen LogP contribution in [0.5, 0.6) is 17.4 Å². The molecular weight excluding hydrogens is 284 g/mol. The van der Waals surface area contributed by atoms with E-state index in [1.165, 1.54) is 0 Å². The van der Waals surface area contributed by atoms with E-state index in [0.717, 1.165) is 5.56 Å². The lowest BCUT2D eigenvalue weighted by atomic mass is 10.1. The Balaban J connectivity index is 2.08. The van der Waals surface area contributed by atoms with Crippen molar-refractivity contribution in [3.05, 3.63) is 47.7 Å². The van der Waals surface area contributed by atoms with Gasteiger partial charge in [0.2, 0.25) is 5.88 Å². The maximum absolute atomic E-state index is 12.2. The van der Waals surface area contributed by atoms with Crippen LogP contribution in [0.3, 0.4) is 0 Å². The number of benzene rings is 1. The fraction of sp³-hybridized carbons (Fsp3) is 0.250. The quantitative estimate of drug-likeness (QED) is 0.884. The van der Waals surface area contributed by atoms with Gasteiger partial charge >= 0.3 is 0 Å². The lowest BCUT2D eigenvalue weighted by Gasteiger charge is -2.09. The van der Waals surface area contributed by atoms with Crippen molar-refractivity contribution in [2.75, 3.05) is 21.3 Å². The first kappa shape index (κ1) is 15.6. The van der Waals surface area contributed by atoms with Gasteiger partial charge in [-0.2, -0.15) is 0 Å². The third-order valence-corrected chi connectivity index (χ3v) is 3.08. The summed E-state index contributed by atoms with van der Waals surface area (Å²) in [6, 6.07) is 8.61. The van der Waals surface area contributed by atoms with Gasteiger partial charge in [0.05, 0.1) is 21.3 Å². The molecule has 0 aliphatic rings. The molecule has 0 aliphatic heterocycles. The Morgan fingerprint density at radius 1 is 1.05 bits per heavy atom. The summed E-state index contributed by atoms with van der Waals surface area (Å²) in [5, 5.41) is 2.84. The van der Waals surface area contributed by atoms with Crippen LogP contribution in [0.4, 0.5) is 0 Å². The second-order valence-electron chi connectivity index (χ2n) is 4.49. The van der Waals surface area contributed by atoms with Crippen molar-refractivity contribution in [3.63, 3.8) is 0 Å². The van der Waals surface area contributed by atoms with E-state index in [2.05, 4.69) is 10.3 Å². The van der Waals surface area contributed by atoms with E-state index in [9.17, 15) is 4.79 Å². The van der Waals surface area contributed by atoms with Gasteiger partial charge in [-0.1, -0.05) is 0 Å². The molecule has 2 rings (SSSR count). The molecule has 6 heteroatoms.